The molecule has 0 saturated heterocycles. The smallest absolute Gasteiger partial charge is 0.259 e. The molecule has 0 radical (unpaired) electrons. The summed E-state index contributed by atoms with van der Waals surface area (Å²) in [5, 5.41) is 5.14. The van der Waals surface area contributed by atoms with E-state index in [0.717, 1.165) is 5.69 Å². The Morgan fingerprint density at radius 3 is 2.83 bits per heavy atom. The van der Waals surface area contributed by atoms with Gasteiger partial charge in [0.15, 0.2) is 5.13 Å². The van der Waals surface area contributed by atoms with Crippen LogP contribution in [-0.2, 0) is 0 Å². The summed E-state index contributed by atoms with van der Waals surface area (Å²) >= 11 is 1.38. The Morgan fingerprint density at radius 2 is 2.28 bits per heavy atom. The van der Waals surface area contributed by atoms with Crippen molar-refractivity contribution >= 4 is 28.1 Å². The van der Waals surface area contributed by atoms with Gasteiger partial charge in [-0.3, -0.25) is 10.1 Å². The molecule has 5 nitrogen and oxygen atoms in total. The van der Waals surface area contributed by atoms with Crippen LogP contribution in [0.3, 0.4) is 0 Å². The van der Waals surface area contributed by atoms with Gasteiger partial charge in [-0.25, -0.2) is 4.98 Å². The van der Waals surface area contributed by atoms with Crippen LogP contribution in [0.15, 0.2) is 23.6 Å². The van der Waals surface area contributed by atoms with Crippen LogP contribution in [0.1, 0.15) is 16.1 Å². The van der Waals surface area contributed by atoms with Crippen molar-refractivity contribution in [1.82, 2.24) is 4.98 Å². The number of nitrogens with two attached hydrogens (primary N) is 1. The van der Waals surface area contributed by atoms with E-state index in [9.17, 15) is 4.79 Å². The Kier molecular flexibility index (Phi) is 3.47. The molecule has 3 N–H and O–H groups in total. The summed E-state index contributed by atoms with van der Waals surface area (Å²) in [5.74, 6) is 0.346. The number of rotatable bonds is 3. The van der Waals surface area contributed by atoms with Gasteiger partial charge in [0.05, 0.1) is 18.4 Å². The molecular formula is C12H13N3O2S. The van der Waals surface area contributed by atoms with Crippen molar-refractivity contribution in [3.05, 3.63) is 34.8 Å². The van der Waals surface area contributed by atoms with Crippen molar-refractivity contribution in [1.29, 1.82) is 0 Å². The van der Waals surface area contributed by atoms with Crippen LogP contribution in [0.25, 0.3) is 0 Å². The lowest BCUT2D eigenvalue weighted by Gasteiger charge is -2.07. The maximum Gasteiger partial charge on any atom is 0.259 e. The molecule has 0 aliphatic carbocycles. The minimum Gasteiger partial charge on any atom is -0.497 e. The summed E-state index contributed by atoms with van der Waals surface area (Å²) in [5.41, 5.74) is 7.45. The number of carbonyl (C=O) groups is 1. The molecule has 2 aromatic rings. The highest BCUT2D eigenvalue weighted by atomic mass is 32.1. The van der Waals surface area contributed by atoms with Crippen molar-refractivity contribution in [3.8, 4) is 5.75 Å². The monoisotopic (exact) mass is 263 g/mol. The van der Waals surface area contributed by atoms with Gasteiger partial charge in [-0.05, 0) is 19.1 Å². The molecule has 0 spiro atoms. The first-order valence-electron chi connectivity index (χ1n) is 5.27. The highest BCUT2D eigenvalue weighted by Gasteiger charge is 2.12. The first kappa shape index (κ1) is 12.4. The van der Waals surface area contributed by atoms with E-state index in [0.29, 0.717) is 22.1 Å². The summed E-state index contributed by atoms with van der Waals surface area (Å²) in [7, 11) is 1.55. The molecule has 0 saturated carbocycles. The van der Waals surface area contributed by atoms with Crippen LogP contribution in [0, 0.1) is 6.92 Å². The van der Waals surface area contributed by atoms with Gasteiger partial charge in [-0.2, -0.15) is 0 Å². The molecule has 0 unspecified atom stereocenters. The molecule has 94 valence electrons. The highest BCUT2D eigenvalue weighted by Crippen LogP contribution is 2.21. The third-order valence-electron chi connectivity index (χ3n) is 2.34. The van der Waals surface area contributed by atoms with Crippen LogP contribution in [0.4, 0.5) is 10.8 Å². The Bertz CT molecular complexity index is 580. The standard InChI is InChI=1S/C12H13N3O2S/c1-7-6-18-12(14-7)15-11(16)9-4-3-8(17-2)5-10(9)13/h3-6H,13H2,1-2H3,(H,14,15,16). The lowest BCUT2D eigenvalue weighted by Crippen LogP contribution is -2.13. The second-order valence-corrected chi connectivity index (χ2v) is 4.56. The van der Waals surface area contributed by atoms with Crippen molar-refractivity contribution in [2.75, 3.05) is 18.2 Å². The summed E-state index contributed by atoms with van der Waals surface area (Å²) in [4.78, 5) is 16.1. The molecule has 0 bridgehead atoms. The number of hydrogen-bond donors (Lipinski definition) is 2. The average Bonchev–Trinajstić information content (AvgIpc) is 2.74. The molecule has 1 aromatic heterocycles. The minimum atomic E-state index is -0.274. The van der Waals surface area contributed by atoms with Crippen LogP contribution in [-0.4, -0.2) is 18.0 Å². The van der Waals surface area contributed by atoms with Crippen LogP contribution < -0.4 is 15.8 Å². The van der Waals surface area contributed by atoms with E-state index < -0.39 is 0 Å². The number of thiazole rings is 1. The van der Waals surface area contributed by atoms with Gasteiger partial charge in [0, 0.05) is 17.1 Å². The van der Waals surface area contributed by atoms with E-state index in [4.69, 9.17) is 10.5 Å². The Morgan fingerprint density at radius 1 is 1.50 bits per heavy atom. The van der Waals surface area contributed by atoms with Crippen LogP contribution >= 0.6 is 11.3 Å². The average molecular weight is 263 g/mol. The van der Waals surface area contributed by atoms with Gasteiger partial charge in [0.25, 0.3) is 5.91 Å². The predicted molar refractivity (Wildman–Crippen MR) is 72.2 cm³/mol. The molecule has 0 aliphatic heterocycles. The Balaban J connectivity index is 2.18. The number of aromatic nitrogens is 1. The van der Waals surface area contributed by atoms with Gasteiger partial charge in [-0.15, -0.1) is 11.3 Å². The Labute approximate surface area is 109 Å². The van der Waals surface area contributed by atoms with Crippen molar-refractivity contribution < 1.29 is 9.53 Å². The van der Waals surface area contributed by atoms with Crippen molar-refractivity contribution in [2.45, 2.75) is 6.92 Å². The largest absolute Gasteiger partial charge is 0.497 e. The van der Waals surface area contributed by atoms with E-state index in [2.05, 4.69) is 10.3 Å². The number of nitrogens with zero attached hydrogens (tertiary/aromatic N) is 1. The van der Waals surface area contributed by atoms with E-state index in [1.54, 1.807) is 25.3 Å². The summed E-state index contributed by atoms with van der Waals surface area (Å²) in [6, 6.07) is 4.93. The lowest BCUT2D eigenvalue weighted by atomic mass is 10.1. The highest BCUT2D eigenvalue weighted by molar-refractivity contribution is 7.13. The minimum absolute atomic E-state index is 0.274. The van der Waals surface area contributed by atoms with Crippen LogP contribution in [0.2, 0.25) is 0 Å². The first-order valence-corrected chi connectivity index (χ1v) is 6.15. The van der Waals surface area contributed by atoms with E-state index in [-0.39, 0.29) is 5.91 Å². The maximum atomic E-state index is 12.0. The summed E-state index contributed by atoms with van der Waals surface area (Å²) < 4.78 is 5.03. The van der Waals surface area contributed by atoms with E-state index >= 15 is 0 Å². The molecule has 2 rings (SSSR count). The third kappa shape index (κ3) is 2.60. The molecule has 1 heterocycles. The molecule has 1 amide bonds. The number of nitrogen functional groups attached to an aromatic ring is 1. The number of methoxy groups -OCH3 is 1. The molecule has 1 aromatic carbocycles. The fraction of sp³-hybridized carbons (Fsp3) is 0.167. The fourth-order valence-corrected chi connectivity index (χ4v) is 2.13. The van der Waals surface area contributed by atoms with Crippen molar-refractivity contribution in [3.63, 3.8) is 0 Å². The third-order valence-corrected chi connectivity index (χ3v) is 3.22. The number of benzene rings is 1. The molecule has 0 fully saturated rings. The number of hydrogen-bond acceptors (Lipinski definition) is 5. The summed E-state index contributed by atoms with van der Waals surface area (Å²) in [6.45, 7) is 1.87. The van der Waals surface area contributed by atoms with Gasteiger partial charge < -0.3 is 10.5 Å². The summed E-state index contributed by atoms with van der Waals surface area (Å²) in [6.07, 6.45) is 0. The zero-order valence-corrected chi connectivity index (χ0v) is 10.9. The SMILES string of the molecule is COc1ccc(C(=O)Nc2nc(C)cs2)c(N)c1. The van der Waals surface area contributed by atoms with Gasteiger partial charge in [0.2, 0.25) is 0 Å². The second kappa shape index (κ2) is 5.05. The number of amides is 1. The quantitative estimate of drug-likeness (QED) is 0.833. The number of nitrogens with one attached hydrogen (secondary N) is 1. The fourth-order valence-electron chi connectivity index (χ4n) is 1.45. The van der Waals surface area contributed by atoms with Gasteiger partial charge in [-0.1, -0.05) is 0 Å². The zero-order chi connectivity index (χ0) is 13.1. The topological polar surface area (TPSA) is 77.2 Å². The maximum absolute atomic E-state index is 12.0. The lowest BCUT2D eigenvalue weighted by molar-refractivity contribution is 0.102. The molecule has 18 heavy (non-hydrogen) atoms. The first-order chi connectivity index (χ1) is 8.60. The molecule has 6 heteroatoms. The number of anilines is 2. The van der Waals surface area contributed by atoms with E-state index in [1.165, 1.54) is 11.3 Å². The van der Waals surface area contributed by atoms with E-state index in [1.807, 2.05) is 12.3 Å². The second-order valence-electron chi connectivity index (χ2n) is 3.70. The Hall–Kier alpha value is -2.08. The normalized spacial score (nSPS) is 10.1. The molecule has 0 atom stereocenters. The molecular weight excluding hydrogens is 250 g/mol. The predicted octanol–water partition coefficient (Wildman–Crippen LogP) is 2.29. The number of carbonyl (C=O) groups excluding carboxylic acids is 1. The zero-order valence-electron chi connectivity index (χ0n) is 10.1. The van der Waals surface area contributed by atoms with Crippen LogP contribution in [0.5, 0.6) is 5.75 Å². The van der Waals surface area contributed by atoms with Crippen molar-refractivity contribution in [2.24, 2.45) is 0 Å². The van der Waals surface area contributed by atoms with Gasteiger partial charge in [0.1, 0.15) is 5.75 Å². The number of ether oxygens (including phenoxy) is 1. The van der Waals surface area contributed by atoms with Gasteiger partial charge >= 0.3 is 0 Å². The molecule has 0 aliphatic rings. The number of aryl methyl sites for hydroxylation is 1.